The van der Waals surface area contributed by atoms with Gasteiger partial charge in [0.15, 0.2) is 0 Å². The number of nitrogens with zero attached hydrogens (tertiary/aromatic N) is 1. The Balaban J connectivity index is 2.08. The molecule has 0 saturated carbocycles. The Bertz CT molecular complexity index is 588. The Morgan fingerprint density at radius 2 is 2.05 bits per heavy atom. The molecule has 2 rings (SSSR count). The van der Waals surface area contributed by atoms with Crippen molar-refractivity contribution >= 4 is 16.8 Å². The first kappa shape index (κ1) is 17.0. The molecular weight excluding hydrogens is 296 g/mol. The minimum atomic E-state index is -0.829. The Labute approximate surface area is 135 Å². The van der Waals surface area contributed by atoms with E-state index in [0.29, 0.717) is 12.3 Å². The van der Waals surface area contributed by atoms with Crippen molar-refractivity contribution in [3.63, 3.8) is 0 Å². The van der Waals surface area contributed by atoms with Gasteiger partial charge in [0.2, 0.25) is 0 Å². The molecule has 5 heteroatoms. The normalized spacial score (nSPS) is 26.6. The zero-order chi connectivity index (χ0) is 16.4. The van der Waals surface area contributed by atoms with Crippen LogP contribution in [0.4, 0.5) is 4.79 Å². The summed E-state index contributed by atoms with van der Waals surface area (Å²) >= 11 is 0. The molecule has 1 saturated heterocycles. The molecule has 4 unspecified atom stereocenters. The maximum Gasteiger partial charge on any atom is 0.318 e. The molecule has 1 aliphatic heterocycles. The molecule has 0 bridgehead atoms. The number of carbonyl (C=O) groups is 1. The molecule has 0 radical (unpaired) electrons. The van der Waals surface area contributed by atoms with Gasteiger partial charge in [-0.25, -0.2) is 4.79 Å². The zero-order valence-corrected chi connectivity index (χ0v) is 14.9. The highest BCUT2D eigenvalue weighted by Crippen LogP contribution is 2.21. The van der Waals surface area contributed by atoms with Gasteiger partial charge >= 0.3 is 6.03 Å². The third-order valence-corrected chi connectivity index (χ3v) is 6.43. The first-order chi connectivity index (χ1) is 10.3. The van der Waals surface area contributed by atoms with Crippen molar-refractivity contribution in [2.24, 2.45) is 0 Å². The maximum atomic E-state index is 12.6. The quantitative estimate of drug-likeness (QED) is 0.910. The fourth-order valence-electron chi connectivity index (χ4n) is 2.91. The topological polar surface area (TPSA) is 49.4 Å². The van der Waals surface area contributed by atoms with Crippen LogP contribution in [0.25, 0.3) is 0 Å². The van der Waals surface area contributed by atoms with E-state index < -0.39 is 10.8 Å². The highest BCUT2D eigenvalue weighted by Gasteiger charge is 2.33. The molecular formula is C17H26N2O2S. The molecule has 1 aromatic carbocycles. The lowest BCUT2D eigenvalue weighted by atomic mass is 10.00. The van der Waals surface area contributed by atoms with E-state index in [1.807, 2.05) is 25.7 Å². The Kier molecular flexibility index (Phi) is 5.27. The Morgan fingerprint density at radius 1 is 1.36 bits per heavy atom. The van der Waals surface area contributed by atoms with Crippen LogP contribution in [0, 0.1) is 13.8 Å². The van der Waals surface area contributed by atoms with Crippen LogP contribution < -0.4 is 5.32 Å². The van der Waals surface area contributed by atoms with Gasteiger partial charge in [0.25, 0.3) is 0 Å². The maximum absolute atomic E-state index is 12.6. The second-order valence-corrected chi connectivity index (χ2v) is 8.17. The van der Waals surface area contributed by atoms with Gasteiger partial charge in [0.05, 0.1) is 11.3 Å². The average Bonchev–Trinajstić information content (AvgIpc) is 2.47. The molecule has 0 aromatic heterocycles. The van der Waals surface area contributed by atoms with Crippen LogP contribution in [-0.4, -0.2) is 38.7 Å². The van der Waals surface area contributed by atoms with Crippen LogP contribution in [0.2, 0.25) is 0 Å². The third kappa shape index (κ3) is 3.51. The fraction of sp³-hybridized carbons (Fsp3) is 0.588. The minimum Gasteiger partial charge on any atom is -0.331 e. The number of nitrogens with one attached hydrogen (secondary N) is 1. The molecule has 0 spiro atoms. The van der Waals surface area contributed by atoms with E-state index in [-0.39, 0.29) is 23.4 Å². The monoisotopic (exact) mass is 322 g/mol. The summed E-state index contributed by atoms with van der Waals surface area (Å²) in [7, 11) is -0.829. The Morgan fingerprint density at radius 3 is 2.73 bits per heavy atom. The SMILES string of the molecule is Cc1ccc(C)c(C(C)NC(=O)N2CCS(=O)C(C)C2C)c1. The van der Waals surface area contributed by atoms with E-state index in [0.717, 1.165) is 5.56 Å². The van der Waals surface area contributed by atoms with Crippen molar-refractivity contribution in [3.05, 3.63) is 34.9 Å². The van der Waals surface area contributed by atoms with Gasteiger partial charge in [-0.15, -0.1) is 0 Å². The van der Waals surface area contributed by atoms with Crippen molar-refractivity contribution < 1.29 is 9.00 Å². The molecule has 22 heavy (non-hydrogen) atoms. The summed E-state index contributed by atoms with van der Waals surface area (Å²) in [5, 5.41) is 3.11. The number of carbonyl (C=O) groups excluding carboxylic acids is 1. The van der Waals surface area contributed by atoms with Crippen LogP contribution in [0.15, 0.2) is 18.2 Å². The molecule has 0 aliphatic carbocycles. The lowest BCUT2D eigenvalue weighted by Gasteiger charge is -2.37. The number of aryl methyl sites for hydroxylation is 2. The van der Waals surface area contributed by atoms with Crippen LogP contribution in [-0.2, 0) is 10.8 Å². The summed E-state index contributed by atoms with van der Waals surface area (Å²) in [6.07, 6.45) is 0. The van der Waals surface area contributed by atoms with Gasteiger partial charge in [-0.05, 0) is 45.7 Å². The predicted molar refractivity (Wildman–Crippen MR) is 91.5 cm³/mol. The van der Waals surface area contributed by atoms with E-state index in [4.69, 9.17) is 0 Å². The third-order valence-electron chi connectivity index (χ3n) is 4.62. The van der Waals surface area contributed by atoms with Crippen LogP contribution >= 0.6 is 0 Å². The van der Waals surface area contributed by atoms with Gasteiger partial charge in [-0.3, -0.25) is 4.21 Å². The number of benzene rings is 1. The molecule has 1 N–H and O–H groups in total. The van der Waals surface area contributed by atoms with E-state index in [1.165, 1.54) is 11.1 Å². The largest absolute Gasteiger partial charge is 0.331 e. The summed E-state index contributed by atoms with van der Waals surface area (Å²) in [5.41, 5.74) is 3.52. The number of hydrogen-bond donors (Lipinski definition) is 1. The lowest BCUT2D eigenvalue weighted by Crippen LogP contribution is -2.55. The van der Waals surface area contributed by atoms with Crippen molar-refractivity contribution in [2.45, 2.75) is 52.0 Å². The van der Waals surface area contributed by atoms with Crippen molar-refractivity contribution in [1.29, 1.82) is 0 Å². The number of rotatable bonds is 2. The number of urea groups is 1. The molecule has 122 valence electrons. The Hall–Kier alpha value is -1.36. The molecule has 4 nitrogen and oxygen atoms in total. The molecule has 4 atom stereocenters. The summed E-state index contributed by atoms with van der Waals surface area (Å²) in [6.45, 7) is 10.6. The predicted octanol–water partition coefficient (Wildman–Crippen LogP) is 2.92. The second-order valence-electron chi connectivity index (χ2n) is 6.26. The van der Waals surface area contributed by atoms with Gasteiger partial charge in [0, 0.05) is 29.1 Å². The van der Waals surface area contributed by atoms with E-state index >= 15 is 0 Å². The van der Waals surface area contributed by atoms with Crippen molar-refractivity contribution in [3.8, 4) is 0 Å². The summed E-state index contributed by atoms with van der Waals surface area (Å²) in [5.74, 6) is 0.566. The summed E-state index contributed by atoms with van der Waals surface area (Å²) in [4.78, 5) is 14.4. The van der Waals surface area contributed by atoms with Crippen LogP contribution in [0.5, 0.6) is 0 Å². The van der Waals surface area contributed by atoms with E-state index in [1.54, 1.807) is 0 Å². The minimum absolute atomic E-state index is 0.000361. The van der Waals surface area contributed by atoms with E-state index in [9.17, 15) is 9.00 Å². The van der Waals surface area contributed by atoms with E-state index in [2.05, 4.69) is 37.4 Å². The van der Waals surface area contributed by atoms with Gasteiger partial charge in [0.1, 0.15) is 0 Å². The second kappa shape index (κ2) is 6.82. The number of hydrogen-bond acceptors (Lipinski definition) is 2. The first-order valence-electron chi connectivity index (χ1n) is 7.82. The first-order valence-corrected chi connectivity index (χ1v) is 9.21. The number of amides is 2. The van der Waals surface area contributed by atoms with Gasteiger partial charge in [-0.1, -0.05) is 23.8 Å². The van der Waals surface area contributed by atoms with Gasteiger partial charge < -0.3 is 10.2 Å². The van der Waals surface area contributed by atoms with Gasteiger partial charge in [-0.2, -0.15) is 0 Å². The lowest BCUT2D eigenvalue weighted by molar-refractivity contribution is 0.176. The smallest absolute Gasteiger partial charge is 0.318 e. The van der Waals surface area contributed by atoms with Crippen molar-refractivity contribution in [2.75, 3.05) is 12.3 Å². The average molecular weight is 322 g/mol. The standard InChI is InChI=1S/C17H26N2O2S/c1-11-6-7-12(2)16(10-11)13(3)18-17(20)19-8-9-22(21)15(5)14(19)4/h6-7,10,13-15H,8-9H2,1-5H3,(H,18,20). The van der Waals surface area contributed by atoms with Crippen LogP contribution in [0.1, 0.15) is 43.5 Å². The summed E-state index contributed by atoms with van der Waals surface area (Å²) < 4.78 is 11.9. The van der Waals surface area contributed by atoms with Crippen LogP contribution in [0.3, 0.4) is 0 Å². The fourth-order valence-corrected chi connectivity index (χ4v) is 4.24. The van der Waals surface area contributed by atoms with Crippen molar-refractivity contribution in [1.82, 2.24) is 10.2 Å². The molecule has 1 aliphatic rings. The molecule has 1 aromatic rings. The zero-order valence-electron chi connectivity index (χ0n) is 14.1. The highest BCUT2D eigenvalue weighted by atomic mass is 32.2. The molecule has 1 heterocycles. The highest BCUT2D eigenvalue weighted by molar-refractivity contribution is 7.85. The summed E-state index contributed by atoms with van der Waals surface area (Å²) in [6, 6.07) is 6.18. The molecule has 2 amide bonds. The molecule has 1 fully saturated rings.